The Hall–Kier alpha value is -1.78. The molecular weight excluding hydrogens is 535 g/mol. The molecule has 220 valence electrons. The lowest BCUT2D eigenvalue weighted by atomic mass is 9.70. The number of ether oxygens (including phenoxy) is 2. The van der Waals surface area contributed by atoms with Gasteiger partial charge in [0.1, 0.15) is 6.10 Å². The van der Waals surface area contributed by atoms with Crippen LogP contribution in [-0.2, 0) is 38.7 Å². The molecule has 1 N–H and O–H groups in total. The number of rotatable bonds is 4. The maximum Gasteiger partial charge on any atom is 0.416 e. The maximum atomic E-state index is 13.4. The lowest BCUT2D eigenvalue weighted by molar-refractivity contribution is -0.137. The van der Waals surface area contributed by atoms with E-state index in [1.54, 1.807) is 0 Å². The van der Waals surface area contributed by atoms with Crippen molar-refractivity contribution in [2.45, 2.75) is 109 Å². The molecule has 1 aliphatic carbocycles. The highest BCUT2D eigenvalue weighted by molar-refractivity contribution is 6.74. The van der Waals surface area contributed by atoms with Gasteiger partial charge in [-0.05, 0) is 59.6 Å². The van der Waals surface area contributed by atoms with Crippen LogP contribution in [0.4, 0.5) is 13.2 Å². The molecule has 2 atom stereocenters. The number of fused-ring (bicyclic) bond motifs is 4. The van der Waals surface area contributed by atoms with Crippen LogP contribution in [0.15, 0.2) is 24.3 Å². The van der Waals surface area contributed by atoms with Gasteiger partial charge < -0.3 is 19.0 Å². The van der Waals surface area contributed by atoms with Crippen LogP contribution >= 0.6 is 0 Å². The van der Waals surface area contributed by atoms with E-state index in [9.17, 15) is 18.3 Å². The summed E-state index contributed by atoms with van der Waals surface area (Å²) in [5, 5.41) is 10.6. The first-order valence-electron chi connectivity index (χ1n) is 14.3. The molecule has 1 saturated heterocycles. The Morgan fingerprint density at radius 2 is 1.68 bits per heavy atom. The highest BCUT2D eigenvalue weighted by atomic mass is 28.4. The molecule has 0 amide bonds. The van der Waals surface area contributed by atoms with E-state index >= 15 is 0 Å². The minimum absolute atomic E-state index is 0.00598. The number of halogens is 3. The van der Waals surface area contributed by atoms with Gasteiger partial charge in [-0.25, -0.2) is 0 Å². The summed E-state index contributed by atoms with van der Waals surface area (Å²) in [5.41, 5.74) is 3.51. The Kier molecular flexibility index (Phi) is 7.35. The van der Waals surface area contributed by atoms with Crippen molar-refractivity contribution < 1.29 is 32.2 Å². The van der Waals surface area contributed by atoms with E-state index in [2.05, 4.69) is 47.7 Å². The predicted molar refractivity (Wildman–Crippen MR) is 149 cm³/mol. The second-order valence-corrected chi connectivity index (χ2v) is 18.8. The summed E-state index contributed by atoms with van der Waals surface area (Å²) >= 11 is 0. The fourth-order valence-electron chi connectivity index (χ4n) is 6.35. The van der Waals surface area contributed by atoms with Crippen LogP contribution < -0.4 is 0 Å². The Morgan fingerprint density at radius 1 is 1.05 bits per heavy atom. The van der Waals surface area contributed by atoms with Crippen LogP contribution in [-0.4, -0.2) is 31.6 Å². The van der Waals surface area contributed by atoms with Gasteiger partial charge in [0.25, 0.3) is 0 Å². The van der Waals surface area contributed by atoms with Crippen molar-refractivity contribution in [2.24, 2.45) is 5.41 Å². The normalized spacial score (nSPS) is 24.2. The molecule has 0 radical (unpaired) electrons. The summed E-state index contributed by atoms with van der Waals surface area (Å²) in [5.74, 6) is 0. The van der Waals surface area contributed by atoms with E-state index in [-0.39, 0.29) is 23.2 Å². The second-order valence-electron chi connectivity index (χ2n) is 14.0. The molecule has 1 aromatic heterocycles. The number of aliphatic hydroxyl groups is 1. The van der Waals surface area contributed by atoms with E-state index in [0.29, 0.717) is 37.3 Å². The fourth-order valence-corrected chi connectivity index (χ4v) is 7.61. The molecule has 2 unspecified atom stereocenters. The zero-order valence-corrected chi connectivity index (χ0v) is 25.7. The van der Waals surface area contributed by atoms with E-state index in [1.807, 2.05) is 0 Å². The quantitative estimate of drug-likeness (QED) is 0.377. The summed E-state index contributed by atoms with van der Waals surface area (Å²) in [7, 11) is -2.19. The SMILES string of the molecule is CC1(C)Cc2nc(CO)c3c(c2C(O[Si](C)(C)C(C)(C)C)C1)C1(CCOCC1)OC3c1ccc(C(F)(F)F)cc1. The summed E-state index contributed by atoms with van der Waals surface area (Å²) in [6.07, 6.45) is -2.44. The average Bonchev–Trinajstić information content (AvgIpc) is 3.16. The first-order valence-corrected chi connectivity index (χ1v) is 17.2. The Bertz CT molecular complexity index is 1260. The molecule has 0 saturated carbocycles. The van der Waals surface area contributed by atoms with Gasteiger partial charge in [0.2, 0.25) is 0 Å². The van der Waals surface area contributed by atoms with Crippen molar-refractivity contribution >= 4 is 8.32 Å². The lowest BCUT2D eigenvalue weighted by Crippen LogP contribution is -2.45. The molecule has 9 heteroatoms. The van der Waals surface area contributed by atoms with Crippen molar-refractivity contribution in [3.8, 4) is 0 Å². The lowest BCUT2D eigenvalue weighted by Gasteiger charge is -2.46. The van der Waals surface area contributed by atoms with Crippen LogP contribution in [0.3, 0.4) is 0 Å². The molecule has 40 heavy (non-hydrogen) atoms. The van der Waals surface area contributed by atoms with E-state index < -0.39 is 31.8 Å². The molecule has 5 rings (SSSR count). The van der Waals surface area contributed by atoms with Crippen LogP contribution in [0.2, 0.25) is 18.1 Å². The molecule has 2 aliphatic heterocycles. The van der Waals surface area contributed by atoms with Gasteiger partial charge in [-0.3, -0.25) is 4.98 Å². The first-order chi connectivity index (χ1) is 18.5. The van der Waals surface area contributed by atoms with Gasteiger partial charge in [-0.1, -0.05) is 46.8 Å². The van der Waals surface area contributed by atoms with Crippen LogP contribution in [0.1, 0.15) is 105 Å². The predicted octanol–water partition coefficient (Wildman–Crippen LogP) is 7.75. The van der Waals surface area contributed by atoms with Gasteiger partial charge in [0.15, 0.2) is 8.32 Å². The molecule has 3 heterocycles. The summed E-state index contributed by atoms with van der Waals surface area (Å²) in [4.78, 5) is 5.05. The average molecular weight is 578 g/mol. The Labute approximate surface area is 236 Å². The van der Waals surface area contributed by atoms with Gasteiger partial charge in [0, 0.05) is 42.9 Å². The number of benzene rings is 1. The van der Waals surface area contributed by atoms with E-state index in [0.717, 1.165) is 47.4 Å². The highest BCUT2D eigenvalue weighted by Gasteiger charge is 2.53. The standard InChI is InChI=1S/C31H42F3NO4Si/c1-28(2,3)40(6,7)39-23-17-29(4,5)16-21-24(23)26-25(22(18-36)35-21)27(38-30(26)12-14-37-15-13-30)19-8-10-20(11-9-19)31(32,33)34/h8-11,23,27,36H,12-18H2,1-7H3. The van der Waals surface area contributed by atoms with Crippen molar-refractivity contribution in [3.63, 3.8) is 0 Å². The number of aliphatic hydroxyl groups excluding tert-OH is 1. The third-order valence-corrected chi connectivity index (χ3v) is 13.9. The van der Waals surface area contributed by atoms with Crippen LogP contribution in [0.25, 0.3) is 0 Å². The smallest absolute Gasteiger partial charge is 0.410 e. The number of aromatic nitrogens is 1. The monoisotopic (exact) mass is 577 g/mol. The van der Waals surface area contributed by atoms with Crippen LogP contribution in [0.5, 0.6) is 0 Å². The zero-order valence-electron chi connectivity index (χ0n) is 24.7. The topological polar surface area (TPSA) is 60.8 Å². The number of alkyl halides is 3. The third kappa shape index (κ3) is 5.17. The van der Waals surface area contributed by atoms with Gasteiger partial charge in [-0.2, -0.15) is 13.2 Å². The largest absolute Gasteiger partial charge is 0.416 e. The molecule has 1 spiro atoms. The molecule has 1 fully saturated rings. The number of hydrogen-bond acceptors (Lipinski definition) is 5. The van der Waals surface area contributed by atoms with Crippen LogP contribution in [0, 0.1) is 5.41 Å². The van der Waals surface area contributed by atoms with Gasteiger partial charge in [-0.15, -0.1) is 0 Å². The van der Waals surface area contributed by atoms with Crippen molar-refractivity contribution in [1.82, 2.24) is 4.98 Å². The Balaban J connectivity index is 1.73. The Morgan fingerprint density at radius 3 is 2.23 bits per heavy atom. The van der Waals surface area contributed by atoms with E-state index in [4.69, 9.17) is 18.9 Å². The van der Waals surface area contributed by atoms with Crippen molar-refractivity contribution in [3.05, 3.63) is 63.5 Å². The van der Waals surface area contributed by atoms with Crippen molar-refractivity contribution in [2.75, 3.05) is 13.2 Å². The maximum absolute atomic E-state index is 13.4. The van der Waals surface area contributed by atoms with Gasteiger partial charge >= 0.3 is 6.18 Å². The molecule has 3 aliphatic rings. The number of pyridine rings is 1. The molecule has 0 bridgehead atoms. The minimum atomic E-state index is -4.42. The molecule has 5 nitrogen and oxygen atoms in total. The summed E-state index contributed by atoms with van der Waals surface area (Å²) in [6.45, 7) is 16.4. The molecule has 2 aromatic rings. The highest BCUT2D eigenvalue weighted by Crippen LogP contribution is 2.58. The molecular formula is C31H42F3NO4Si. The van der Waals surface area contributed by atoms with Crippen molar-refractivity contribution in [1.29, 1.82) is 0 Å². The summed E-state index contributed by atoms with van der Waals surface area (Å²) < 4.78 is 59.9. The fraction of sp³-hybridized carbons (Fsp3) is 0.645. The molecule has 1 aromatic carbocycles. The second kappa shape index (κ2) is 9.90. The van der Waals surface area contributed by atoms with Gasteiger partial charge in [0.05, 0.1) is 29.6 Å². The number of nitrogens with zero attached hydrogens (tertiary/aromatic N) is 1. The zero-order chi connectivity index (χ0) is 29.3. The van der Waals surface area contributed by atoms with E-state index in [1.165, 1.54) is 12.1 Å². The first kappa shape index (κ1) is 29.7. The third-order valence-electron chi connectivity index (χ3n) is 9.43. The summed E-state index contributed by atoms with van der Waals surface area (Å²) in [6, 6.07) is 5.18. The number of hydrogen-bond donors (Lipinski definition) is 1. The minimum Gasteiger partial charge on any atom is -0.410 e.